The summed E-state index contributed by atoms with van der Waals surface area (Å²) in [5.74, 6) is 1.85. The van der Waals surface area contributed by atoms with Crippen LogP contribution in [0.3, 0.4) is 0 Å². The Morgan fingerprint density at radius 2 is 2.11 bits per heavy atom. The molecule has 2 rings (SSSR count). The van der Waals surface area contributed by atoms with Gasteiger partial charge in [-0.25, -0.2) is 4.68 Å². The van der Waals surface area contributed by atoms with E-state index in [4.69, 9.17) is 14.6 Å². The predicted molar refractivity (Wildman–Crippen MR) is 103 cm³/mol. The first-order valence-electron chi connectivity index (χ1n) is 8.96. The molecule has 8 nitrogen and oxygen atoms in total. The lowest BCUT2D eigenvalue weighted by atomic mass is 10.2. The Hall–Kier alpha value is -2.74. The number of amides is 1. The summed E-state index contributed by atoms with van der Waals surface area (Å²) >= 11 is 0. The van der Waals surface area contributed by atoms with Crippen LogP contribution in [0.2, 0.25) is 0 Å². The molecule has 0 saturated heterocycles. The summed E-state index contributed by atoms with van der Waals surface area (Å²) in [5.41, 5.74) is 0.995. The molecule has 27 heavy (non-hydrogen) atoms. The SMILES string of the molecule is CCOc1cc(CNc2ccnn2CCO)ccc1O[C@@H](C)C(=O)N(C)C. The van der Waals surface area contributed by atoms with E-state index in [1.165, 1.54) is 4.90 Å². The summed E-state index contributed by atoms with van der Waals surface area (Å²) in [5, 5.41) is 16.5. The van der Waals surface area contributed by atoms with Crippen LogP contribution in [-0.4, -0.2) is 59.1 Å². The van der Waals surface area contributed by atoms with Crippen LogP contribution in [0.5, 0.6) is 11.5 Å². The Labute approximate surface area is 159 Å². The summed E-state index contributed by atoms with van der Waals surface area (Å²) in [4.78, 5) is 13.5. The Morgan fingerprint density at radius 3 is 2.78 bits per heavy atom. The molecule has 0 aliphatic heterocycles. The summed E-state index contributed by atoms with van der Waals surface area (Å²) in [6.07, 6.45) is 1.08. The van der Waals surface area contributed by atoms with E-state index in [0.717, 1.165) is 11.4 Å². The molecule has 0 saturated carbocycles. The van der Waals surface area contributed by atoms with Gasteiger partial charge in [0.05, 0.1) is 26.0 Å². The fourth-order valence-electron chi connectivity index (χ4n) is 2.58. The predicted octanol–water partition coefficient (Wildman–Crippen LogP) is 1.74. The molecule has 0 aliphatic carbocycles. The third kappa shape index (κ3) is 5.62. The molecule has 0 unspecified atom stereocenters. The molecule has 8 heteroatoms. The molecule has 1 aromatic heterocycles. The minimum absolute atomic E-state index is 0.0285. The quantitative estimate of drug-likeness (QED) is 0.657. The van der Waals surface area contributed by atoms with E-state index in [1.54, 1.807) is 31.9 Å². The zero-order valence-electron chi connectivity index (χ0n) is 16.3. The standard InChI is InChI=1S/C19H28N4O4/c1-5-26-17-12-15(13-20-18-8-9-21-23(18)10-11-24)6-7-16(17)27-14(2)19(25)22(3)4/h6-9,12,14,20,24H,5,10-11,13H2,1-4H3/t14-/m0/s1. The van der Waals surface area contributed by atoms with Crippen LogP contribution < -0.4 is 14.8 Å². The second-order valence-corrected chi connectivity index (χ2v) is 6.22. The molecule has 0 radical (unpaired) electrons. The third-order valence-electron chi connectivity index (χ3n) is 3.90. The Balaban J connectivity index is 2.09. The van der Waals surface area contributed by atoms with Crippen molar-refractivity contribution in [1.29, 1.82) is 0 Å². The number of likely N-dealkylation sites (N-methyl/N-ethyl adjacent to an activating group) is 1. The number of carbonyl (C=O) groups excluding carboxylic acids is 1. The van der Waals surface area contributed by atoms with Crippen molar-refractivity contribution in [2.24, 2.45) is 0 Å². The van der Waals surface area contributed by atoms with E-state index >= 15 is 0 Å². The highest BCUT2D eigenvalue weighted by atomic mass is 16.5. The van der Waals surface area contributed by atoms with E-state index in [1.807, 2.05) is 31.2 Å². The van der Waals surface area contributed by atoms with Gasteiger partial charge >= 0.3 is 0 Å². The first kappa shape index (κ1) is 20.6. The highest BCUT2D eigenvalue weighted by Gasteiger charge is 2.18. The number of aliphatic hydroxyl groups excluding tert-OH is 1. The van der Waals surface area contributed by atoms with Gasteiger partial charge in [-0.2, -0.15) is 5.10 Å². The first-order chi connectivity index (χ1) is 13.0. The van der Waals surface area contributed by atoms with Crippen molar-refractivity contribution in [3.05, 3.63) is 36.0 Å². The van der Waals surface area contributed by atoms with Gasteiger partial charge in [-0.15, -0.1) is 0 Å². The number of ether oxygens (including phenoxy) is 2. The molecule has 148 valence electrons. The highest BCUT2D eigenvalue weighted by Crippen LogP contribution is 2.30. The number of benzene rings is 1. The summed E-state index contributed by atoms with van der Waals surface area (Å²) < 4.78 is 13.2. The van der Waals surface area contributed by atoms with Gasteiger partial charge in [0.15, 0.2) is 17.6 Å². The van der Waals surface area contributed by atoms with Gasteiger partial charge in [0, 0.05) is 26.7 Å². The number of nitrogens with one attached hydrogen (secondary N) is 1. The lowest BCUT2D eigenvalue weighted by Crippen LogP contribution is -2.35. The number of nitrogens with zero attached hydrogens (tertiary/aromatic N) is 3. The van der Waals surface area contributed by atoms with Crippen LogP contribution in [0.4, 0.5) is 5.82 Å². The molecule has 1 amide bonds. The van der Waals surface area contributed by atoms with Gasteiger partial charge < -0.3 is 24.8 Å². The smallest absolute Gasteiger partial charge is 0.262 e. The van der Waals surface area contributed by atoms with Crippen LogP contribution in [0.25, 0.3) is 0 Å². The van der Waals surface area contributed by atoms with Gasteiger partial charge in [0.25, 0.3) is 5.91 Å². The van der Waals surface area contributed by atoms with Gasteiger partial charge in [-0.05, 0) is 31.5 Å². The molecule has 0 fully saturated rings. The summed E-state index contributed by atoms with van der Waals surface area (Å²) in [7, 11) is 3.39. The maximum atomic E-state index is 12.0. The fraction of sp³-hybridized carbons (Fsp3) is 0.474. The lowest BCUT2D eigenvalue weighted by molar-refractivity contribution is -0.135. The lowest BCUT2D eigenvalue weighted by Gasteiger charge is -2.20. The third-order valence-corrected chi connectivity index (χ3v) is 3.90. The van der Waals surface area contributed by atoms with Crippen molar-refractivity contribution >= 4 is 11.7 Å². The molecular formula is C19H28N4O4. The summed E-state index contributed by atoms with van der Waals surface area (Å²) in [6, 6.07) is 7.48. The number of carbonyl (C=O) groups is 1. The van der Waals surface area contributed by atoms with Crippen molar-refractivity contribution in [2.45, 2.75) is 33.0 Å². The Morgan fingerprint density at radius 1 is 1.33 bits per heavy atom. The molecule has 1 atom stereocenters. The molecule has 1 aromatic carbocycles. The zero-order valence-corrected chi connectivity index (χ0v) is 16.3. The average Bonchev–Trinajstić information content (AvgIpc) is 3.08. The monoisotopic (exact) mass is 376 g/mol. The molecular weight excluding hydrogens is 348 g/mol. The number of hydrogen-bond acceptors (Lipinski definition) is 6. The number of rotatable bonds is 10. The van der Waals surface area contributed by atoms with Crippen molar-refractivity contribution in [3.8, 4) is 11.5 Å². The van der Waals surface area contributed by atoms with Crippen molar-refractivity contribution in [3.63, 3.8) is 0 Å². The van der Waals surface area contributed by atoms with E-state index in [9.17, 15) is 4.79 Å². The average molecular weight is 376 g/mol. The van der Waals surface area contributed by atoms with Gasteiger partial charge in [-0.3, -0.25) is 4.79 Å². The minimum Gasteiger partial charge on any atom is -0.490 e. The number of aliphatic hydroxyl groups is 1. The highest BCUT2D eigenvalue weighted by molar-refractivity contribution is 5.80. The largest absolute Gasteiger partial charge is 0.490 e. The molecule has 2 aromatic rings. The molecule has 0 spiro atoms. The molecule has 0 aliphatic rings. The van der Waals surface area contributed by atoms with Crippen LogP contribution in [0.15, 0.2) is 30.5 Å². The second-order valence-electron chi connectivity index (χ2n) is 6.22. The van der Waals surface area contributed by atoms with Crippen LogP contribution in [-0.2, 0) is 17.9 Å². The minimum atomic E-state index is -0.601. The molecule has 0 bridgehead atoms. The van der Waals surface area contributed by atoms with E-state index in [0.29, 0.717) is 31.2 Å². The molecule has 1 heterocycles. The van der Waals surface area contributed by atoms with E-state index < -0.39 is 6.10 Å². The van der Waals surface area contributed by atoms with Crippen LogP contribution in [0.1, 0.15) is 19.4 Å². The zero-order chi connectivity index (χ0) is 19.8. The van der Waals surface area contributed by atoms with Crippen molar-refractivity contribution in [1.82, 2.24) is 14.7 Å². The van der Waals surface area contributed by atoms with Crippen LogP contribution in [0, 0.1) is 0 Å². The van der Waals surface area contributed by atoms with Crippen LogP contribution >= 0.6 is 0 Å². The normalized spacial score (nSPS) is 11.7. The van der Waals surface area contributed by atoms with Gasteiger partial charge in [-0.1, -0.05) is 6.07 Å². The second kappa shape index (κ2) is 9.82. The first-order valence-corrected chi connectivity index (χ1v) is 8.96. The van der Waals surface area contributed by atoms with Crippen molar-refractivity contribution in [2.75, 3.05) is 32.6 Å². The fourth-order valence-corrected chi connectivity index (χ4v) is 2.58. The number of anilines is 1. The van der Waals surface area contributed by atoms with E-state index in [2.05, 4.69) is 10.4 Å². The Kier molecular flexibility index (Phi) is 7.48. The maximum absolute atomic E-state index is 12.0. The van der Waals surface area contributed by atoms with Gasteiger partial charge in [0.1, 0.15) is 5.82 Å². The van der Waals surface area contributed by atoms with Crippen molar-refractivity contribution < 1.29 is 19.4 Å². The topological polar surface area (TPSA) is 88.9 Å². The van der Waals surface area contributed by atoms with E-state index in [-0.39, 0.29) is 12.5 Å². The molecule has 2 N–H and O–H groups in total. The maximum Gasteiger partial charge on any atom is 0.262 e. The van der Waals surface area contributed by atoms with Gasteiger partial charge in [0.2, 0.25) is 0 Å². The Bertz CT molecular complexity index is 745. The summed E-state index contributed by atoms with van der Waals surface area (Å²) in [6.45, 7) is 5.13. The number of aromatic nitrogens is 2. The number of hydrogen-bond donors (Lipinski definition) is 2.